The number of phenolic OH excluding ortho intramolecular Hbond substituents is 1. The van der Waals surface area contributed by atoms with E-state index in [1.807, 2.05) is 18.2 Å². The van der Waals surface area contributed by atoms with Crippen LogP contribution in [-0.4, -0.2) is 34.0 Å². The van der Waals surface area contributed by atoms with E-state index in [1.54, 1.807) is 12.1 Å². The van der Waals surface area contributed by atoms with E-state index in [-0.39, 0.29) is 24.1 Å². The smallest absolute Gasteiger partial charge is 0.252 e. The highest BCUT2D eigenvalue weighted by Gasteiger charge is 2.27. The standard InChI is InChI=1S/C28H27N3O2.ClH/c32-21-6-4-5-19(14-21)22-8-9-23(27-24(22)16-29-28(27)33)26-15-20-13-18(7-10-25(20)30-26)17-31-11-2-1-3-12-31;/h4-10,13-15,30,32H,1-3,11-12,16-17H2,(H,29,33);1H. The lowest BCUT2D eigenvalue weighted by atomic mass is 9.92. The highest BCUT2D eigenvalue weighted by atomic mass is 35.5. The van der Waals surface area contributed by atoms with Crippen molar-refractivity contribution in [3.63, 3.8) is 0 Å². The predicted octanol–water partition coefficient (Wildman–Crippen LogP) is 5.86. The van der Waals surface area contributed by atoms with E-state index in [0.717, 1.165) is 45.6 Å². The first-order chi connectivity index (χ1) is 16.2. The van der Waals surface area contributed by atoms with Gasteiger partial charge in [-0.3, -0.25) is 9.69 Å². The fraction of sp³-hybridized carbons (Fsp3) is 0.250. The third-order valence-corrected chi connectivity index (χ3v) is 6.95. The zero-order chi connectivity index (χ0) is 22.4. The molecular weight excluding hydrogens is 446 g/mol. The minimum atomic E-state index is -0.0496. The van der Waals surface area contributed by atoms with Gasteiger partial charge in [0, 0.05) is 35.2 Å². The summed E-state index contributed by atoms with van der Waals surface area (Å²) in [5.41, 5.74) is 7.86. The van der Waals surface area contributed by atoms with Crippen LogP contribution in [0.25, 0.3) is 33.3 Å². The average Bonchev–Trinajstić information content (AvgIpc) is 3.43. The molecule has 3 N–H and O–H groups in total. The summed E-state index contributed by atoms with van der Waals surface area (Å²) < 4.78 is 0. The zero-order valence-corrected chi connectivity index (χ0v) is 19.8. The van der Waals surface area contributed by atoms with Crippen molar-refractivity contribution in [3.05, 3.63) is 77.4 Å². The SMILES string of the molecule is Cl.O=C1NCc2c(-c3cccc(O)c3)ccc(-c3cc4cc(CN5CCCCC5)ccc4[nH]3)c21. The molecule has 0 bridgehead atoms. The van der Waals surface area contributed by atoms with Gasteiger partial charge in [0.05, 0.1) is 5.56 Å². The zero-order valence-electron chi connectivity index (χ0n) is 18.9. The third kappa shape index (κ3) is 4.06. The third-order valence-electron chi connectivity index (χ3n) is 6.95. The number of phenols is 1. The van der Waals surface area contributed by atoms with Gasteiger partial charge in [0.25, 0.3) is 5.91 Å². The number of carbonyl (C=O) groups excluding carboxylic acids is 1. The molecule has 0 radical (unpaired) electrons. The number of aromatic nitrogens is 1. The Kier molecular flexibility index (Phi) is 6.07. The summed E-state index contributed by atoms with van der Waals surface area (Å²) in [5, 5.41) is 14.1. The molecule has 0 unspecified atom stereocenters. The van der Waals surface area contributed by atoms with Crippen LogP contribution in [0.2, 0.25) is 0 Å². The summed E-state index contributed by atoms with van der Waals surface area (Å²) in [4.78, 5) is 18.9. The van der Waals surface area contributed by atoms with Gasteiger partial charge < -0.3 is 15.4 Å². The Bertz CT molecular complexity index is 1370. The monoisotopic (exact) mass is 473 g/mol. The lowest BCUT2D eigenvalue weighted by Gasteiger charge is -2.26. The second-order valence-corrected chi connectivity index (χ2v) is 9.19. The van der Waals surface area contributed by atoms with Crippen molar-refractivity contribution in [2.75, 3.05) is 13.1 Å². The summed E-state index contributed by atoms with van der Waals surface area (Å²) in [5.74, 6) is 0.171. The molecule has 0 saturated carbocycles. The van der Waals surface area contributed by atoms with E-state index in [9.17, 15) is 9.90 Å². The number of aromatic amines is 1. The van der Waals surface area contributed by atoms with Crippen LogP contribution in [0.5, 0.6) is 5.75 Å². The van der Waals surface area contributed by atoms with E-state index in [0.29, 0.717) is 6.54 Å². The summed E-state index contributed by atoms with van der Waals surface area (Å²) in [6, 6.07) is 20.0. The lowest BCUT2D eigenvalue weighted by Crippen LogP contribution is -2.28. The molecule has 1 fully saturated rings. The van der Waals surface area contributed by atoms with Gasteiger partial charge in [0.2, 0.25) is 0 Å². The molecule has 3 aromatic carbocycles. The Hall–Kier alpha value is -3.28. The first-order valence-corrected chi connectivity index (χ1v) is 11.7. The van der Waals surface area contributed by atoms with E-state index >= 15 is 0 Å². The van der Waals surface area contributed by atoms with Gasteiger partial charge in [0.15, 0.2) is 0 Å². The Morgan fingerprint density at radius 2 is 1.74 bits per heavy atom. The normalized spacial score (nSPS) is 15.7. The minimum absolute atomic E-state index is 0. The lowest BCUT2D eigenvalue weighted by molar-refractivity contribution is 0.0966. The molecule has 5 nitrogen and oxygen atoms in total. The average molecular weight is 474 g/mol. The molecule has 0 aliphatic carbocycles. The number of hydrogen-bond acceptors (Lipinski definition) is 3. The fourth-order valence-electron chi connectivity index (χ4n) is 5.32. The highest BCUT2D eigenvalue weighted by molar-refractivity contribution is 6.07. The molecule has 1 amide bonds. The van der Waals surface area contributed by atoms with Gasteiger partial charge in [-0.05, 0) is 78.5 Å². The number of fused-ring (bicyclic) bond motifs is 2. The number of halogens is 1. The number of aromatic hydroxyl groups is 1. The van der Waals surface area contributed by atoms with Crippen molar-refractivity contribution in [2.24, 2.45) is 0 Å². The van der Waals surface area contributed by atoms with Crippen LogP contribution in [0.1, 0.15) is 40.7 Å². The summed E-state index contributed by atoms with van der Waals surface area (Å²) in [6.45, 7) is 3.85. The first-order valence-electron chi connectivity index (χ1n) is 11.7. The van der Waals surface area contributed by atoms with Crippen molar-refractivity contribution in [3.8, 4) is 28.1 Å². The first kappa shape index (κ1) is 22.5. The maximum absolute atomic E-state index is 12.8. The van der Waals surface area contributed by atoms with Crippen LogP contribution in [0.15, 0.2) is 60.7 Å². The minimum Gasteiger partial charge on any atom is -0.508 e. The summed E-state index contributed by atoms with van der Waals surface area (Å²) in [7, 11) is 0. The number of nitrogens with one attached hydrogen (secondary N) is 2. The molecule has 1 saturated heterocycles. The molecular formula is C28H28ClN3O2. The van der Waals surface area contributed by atoms with Crippen LogP contribution in [0, 0.1) is 0 Å². The van der Waals surface area contributed by atoms with Gasteiger partial charge in [-0.1, -0.05) is 36.8 Å². The number of carbonyl (C=O) groups is 1. The molecule has 174 valence electrons. The number of benzene rings is 3. The molecule has 4 aromatic rings. The largest absolute Gasteiger partial charge is 0.508 e. The molecule has 1 aromatic heterocycles. The summed E-state index contributed by atoms with van der Waals surface area (Å²) >= 11 is 0. The van der Waals surface area contributed by atoms with Gasteiger partial charge in [0.1, 0.15) is 5.75 Å². The van der Waals surface area contributed by atoms with Crippen LogP contribution in [0.3, 0.4) is 0 Å². The van der Waals surface area contributed by atoms with E-state index in [1.165, 1.54) is 43.3 Å². The molecule has 0 spiro atoms. The van der Waals surface area contributed by atoms with Crippen LogP contribution in [-0.2, 0) is 13.1 Å². The molecule has 6 heteroatoms. The number of nitrogens with zero attached hydrogens (tertiary/aromatic N) is 1. The second-order valence-electron chi connectivity index (χ2n) is 9.19. The van der Waals surface area contributed by atoms with Gasteiger partial charge >= 0.3 is 0 Å². The molecule has 3 heterocycles. The maximum Gasteiger partial charge on any atom is 0.252 e. The van der Waals surface area contributed by atoms with Gasteiger partial charge in [-0.15, -0.1) is 12.4 Å². The van der Waals surface area contributed by atoms with Crippen molar-refractivity contribution < 1.29 is 9.90 Å². The topological polar surface area (TPSA) is 68.4 Å². The Labute approximate surface area is 205 Å². The summed E-state index contributed by atoms with van der Waals surface area (Å²) in [6.07, 6.45) is 3.93. The number of hydrogen-bond donors (Lipinski definition) is 3. The van der Waals surface area contributed by atoms with Crippen molar-refractivity contribution in [1.82, 2.24) is 15.2 Å². The fourth-order valence-corrected chi connectivity index (χ4v) is 5.32. The Morgan fingerprint density at radius 1 is 0.912 bits per heavy atom. The van der Waals surface area contributed by atoms with E-state index < -0.39 is 0 Å². The van der Waals surface area contributed by atoms with E-state index in [4.69, 9.17) is 0 Å². The maximum atomic E-state index is 12.8. The van der Waals surface area contributed by atoms with Crippen LogP contribution in [0.4, 0.5) is 0 Å². The number of likely N-dealkylation sites (tertiary alicyclic amines) is 1. The number of piperidine rings is 1. The highest BCUT2D eigenvalue weighted by Crippen LogP contribution is 2.37. The van der Waals surface area contributed by atoms with Gasteiger partial charge in [-0.25, -0.2) is 0 Å². The number of H-pyrrole nitrogens is 1. The second kappa shape index (κ2) is 9.16. The van der Waals surface area contributed by atoms with E-state index in [2.05, 4.69) is 45.5 Å². The van der Waals surface area contributed by atoms with Crippen molar-refractivity contribution in [1.29, 1.82) is 0 Å². The Balaban J connectivity index is 0.00000241. The molecule has 2 aliphatic rings. The number of amides is 1. The number of rotatable bonds is 4. The van der Waals surface area contributed by atoms with Gasteiger partial charge in [-0.2, -0.15) is 0 Å². The molecule has 2 aliphatic heterocycles. The van der Waals surface area contributed by atoms with Crippen molar-refractivity contribution in [2.45, 2.75) is 32.4 Å². The van der Waals surface area contributed by atoms with Crippen LogP contribution < -0.4 is 5.32 Å². The Morgan fingerprint density at radius 3 is 2.56 bits per heavy atom. The van der Waals surface area contributed by atoms with Crippen LogP contribution >= 0.6 is 12.4 Å². The molecule has 34 heavy (non-hydrogen) atoms. The molecule has 6 rings (SSSR count). The molecule has 0 atom stereocenters. The predicted molar refractivity (Wildman–Crippen MR) is 138 cm³/mol. The van der Waals surface area contributed by atoms with Crippen molar-refractivity contribution >= 4 is 29.2 Å². The quantitative estimate of drug-likeness (QED) is 0.348.